The molecule has 4 rings (SSSR count). The number of ether oxygens (including phenoxy) is 3. The fourth-order valence-corrected chi connectivity index (χ4v) is 3.05. The van der Waals surface area contributed by atoms with Crippen molar-refractivity contribution in [3.63, 3.8) is 0 Å². The number of hydrogen-bond donors (Lipinski definition) is 2. The summed E-state index contributed by atoms with van der Waals surface area (Å²) in [6, 6.07) is 9.13. The highest BCUT2D eigenvalue weighted by atomic mass is 35.5. The number of carboxylic acid groups (broad SMARTS) is 1. The monoisotopic (exact) mass is 359 g/mol. The molecule has 3 aromatic rings. The minimum atomic E-state index is -1.04. The first kappa shape index (κ1) is 15.7. The normalized spacial score (nSPS) is 12.5. The minimum Gasteiger partial charge on any atom is -0.481 e. The van der Waals surface area contributed by atoms with Crippen LogP contribution in [0, 0.1) is 0 Å². The summed E-state index contributed by atoms with van der Waals surface area (Å²) >= 11 is 6.10. The number of aromatic amines is 1. The van der Waals surface area contributed by atoms with Crippen LogP contribution in [0.3, 0.4) is 0 Å². The SMILES string of the molecule is O=C(O)COc1cc2c(cc1Cc1c[nH]c3ccc(Cl)cc13)OCO2. The number of hydrogen-bond acceptors (Lipinski definition) is 4. The lowest BCUT2D eigenvalue weighted by Gasteiger charge is -2.11. The topological polar surface area (TPSA) is 80.8 Å². The number of halogens is 1. The Morgan fingerprint density at radius 1 is 1.20 bits per heavy atom. The van der Waals surface area contributed by atoms with Gasteiger partial charge in [-0.2, -0.15) is 0 Å². The molecule has 0 atom stereocenters. The average molecular weight is 360 g/mol. The van der Waals surface area contributed by atoms with Gasteiger partial charge in [-0.25, -0.2) is 4.79 Å². The van der Waals surface area contributed by atoms with E-state index in [0.29, 0.717) is 28.7 Å². The number of rotatable bonds is 5. The maximum Gasteiger partial charge on any atom is 0.341 e. The van der Waals surface area contributed by atoms with Crippen LogP contribution in [0.4, 0.5) is 0 Å². The minimum absolute atomic E-state index is 0.139. The number of carboxylic acids is 1. The Hall–Kier alpha value is -2.86. The molecule has 0 saturated carbocycles. The molecule has 0 amide bonds. The summed E-state index contributed by atoms with van der Waals surface area (Å²) in [5.41, 5.74) is 2.82. The fraction of sp³-hybridized carbons (Fsp3) is 0.167. The molecule has 128 valence electrons. The number of fused-ring (bicyclic) bond motifs is 2. The molecule has 2 aromatic carbocycles. The number of aliphatic carboxylic acids is 1. The molecule has 0 unspecified atom stereocenters. The Labute approximate surface area is 147 Å². The number of H-pyrrole nitrogens is 1. The molecular formula is C18H14ClNO5. The third kappa shape index (κ3) is 3.08. The first-order valence-electron chi connectivity index (χ1n) is 7.63. The number of benzene rings is 2. The van der Waals surface area contributed by atoms with E-state index in [9.17, 15) is 4.79 Å². The Balaban J connectivity index is 1.72. The summed E-state index contributed by atoms with van der Waals surface area (Å²) in [4.78, 5) is 14.1. The zero-order chi connectivity index (χ0) is 17.4. The van der Waals surface area contributed by atoms with Crippen molar-refractivity contribution < 1.29 is 24.1 Å². The maximum atomic E-state index is 10.8. The van der Waals surface area contributed by atoms with Crippen molar-refractivity contribution in [2.24, 2.45) is 0 Å². The predicted molar refractivity (Wildman–Crippen MR) is 91.8 cm³/mol. The molecule has 0 saturated heterocycles. The molecular weight excluding hydrogens is 346 g/mol. The Bertz CT molecular complexity index is 965. The Morgan fingerprint density at radius 2 is 2.00 bits per heavy atom. The van der Waals surface area contributed by atoms with Gasteiger partial charge in [0.15, 0.2) is 18.1 Å². The van der Waals surface area contributed by atoms with Crippen LogP contribution in [0.25, 0.3) is 10.9 Å². The molecule has 2 N–H and O–H groups in total. The molecule has 1 aliphatic heterocycles. The van der Waals surface area contributed by atoms with Crippen LogP contribution in [0.5, 0.6) is 17.2 Å². The summed E-state index contributed by atoms with van der Waals surface area (Å²) in [6.45, 7) is -0.286. The van der Waals surface area contributed by atoms with Crippen molar-refractivity contribution in [1.29, 1.82) is 0 Å². The molecule has 7 heteroatoms. The second-order valence-corrected chi connectivity index (χ2v) is 6.11. The quantitative estimate of drug-likeness (QED) is 0.727. The van der Waals surface area contributed by atoms with E-state index in [1.165, 1.54) is 0 Å². The van der Waals surface area contributed by atoms with Crippen LogP contribution in [-0.4, -0.2) is 29.5 Å². The van der Waals surface area contributed by atoms with E-state index in [1.54, 1.807) is 6.07 Å². The lowest BCUT2D eigenvalue weighted by molar-refractivity contribution is -0.139. The van der Waals surface area contributed by atoms with Gasteiger partial charge in [-0.15, -0.1) is 0 Å². The standard InChI is InChI=1S/C18H14ClNO5/c19-12-1-2-14-13(5-12)11(7-20-14)3-10-4-16-17(25-9-24-16)6-15(10)23-8-18(21)22/h1-2,4-7,20H,3,8-9H2,(H,21,22). The van der Waals surface area contributed by atoms with E-state index >= 15 is 0 Å². The molecule has 1 aliphatic rings. The molecule has 25 heavy (non-hydrogen) atoms. The first-order chi connectivity index (χ1) is 12.1. The number of nitrogens with one attached hydrogen (secondary N) is 1. The van der Waals surface area contributed by atoms with E-state index in [2.05, 4.69) is 4.98 Å². The maximum absolute atomic E-state index is 10.8. The molecule has 0 spiro atoms. The van der Waals surface area contributed by atoms with Crippen LogP contribution in [0.2, 0.25) is 5.02 Å². The molecule has 1 aromatic heterocycles. The van der Waals surface area contributed by atoms with Crippen LogP contribution < -0.4 is 14.2 Å². The molecule has 2 heterocycles. The highest BCUT2D eigenvalue weighted by Crippen LogP contribution is 2.39. The summed E-state index contributed by atoms with van der Waals surface area (Å²) < 4.78 is 16.2. The summed E-state index contributed by atoms with van der Waals surface area (Å²) in [7, 11) is 0. The Morgan fingerprint density at radius 3 is 2.80 bits per heavy atom. The van der Waals surface area contributed by atoms with Crippen LogP contribution in [-0.2, 0) is 11.2 Å². The van der Waals surface area contributed by atoms with Gasteiger partial charge in [0, 0.05) is 40.2 Å². The van der Waals surface area contributed by atoms with Gasteiger partial charge in [-0.05, 0) is 29.8 Å². The zero-order valence-corrected chi connectivity index (χ0v) is 13.8. The van der Waals surface area contributed by atoms with E-state index < -0.39 is 12.6 Å². The third-order valence-corrected chi connectivity index (χ3v) is 4.25. The molecule has 6 nitrogen and oxygen atoms in total. The van der Waals surface area contributed by atoms with Gasteiger partial charge in [0.2, 0.25) is 6.79 Å². The summed E-state index contributed by atoms with van der Waals surface area (Å²) in [5, 5.41) is 10.5. The van der Waals surface area contributed by atoms with E-state index in [4.69, 9.17) is 30.9 Å². The highest BCUT2D eigenvalue weighted by Gasteiger charge is 2.19. The van der Waals surface area contributed by atoms with Crippen molar-refractivity contribution in [3.8, 4) is 17.2 Å². The lowest BCUT2D eigenvalue weighted by atomic mass is 10.0. The first-order valence-corrected chi connectivity index (χ1v) is 8.00. The number of carbonyl (C=O) groups is 1. The van der Waals surface area contributed by atoms with Crippen molar-refractivity contribution in [1.82, 2.24) is 4.98 Å². The van der Waals surface area contributed by atoms with Crippen LogP contribution in [0.1, 0.15) is 11.1 Å². The third-order valence-electron chi connectivity index (χ3n) is 4.02. The fourth-order valence-electron chi connectivity index (χ4n) is 2.88. The van der Waals surface area contributed by atoms with Crippen molar-refractivity contribution in [2.45, 2.75) is 6.42 Å². The van der Waals surface area contributed by atoms with Gasteiger partial charge in [0.1, 0.15) is 5.75 Å². The predicted octanol–water partition coefficient (Wildman–Crippen LogP) is 3.60. The van der Waals surface area contributed by atoms with Crippen molar-refractivity contribution in [3.05, 3.63) is 52.7 Å². The van der Waals surface area contributed by atoms with Crippen molar-refractivity contribution in [2.75, 3.05) is 13.4 Å². The second kappa shape index (κ2) is 6.22. The van der Waals surface area contributed by atoms with E-state index in [0.717, 1.165) is 22.0 Å². The van der Waals surface area contributed by atoms with Gasteiger partial charge < -0.3 is 24.3 Å². The molecule has 0 bridgehead atoms. The van der Waals surface area contributed by atoms with Crippen LogP contribution in [0.15, 0.2) is 36.5 Å². The Kier molecular flexibility index (Phi) is 3.89. The van der Waals surface area contributed by atoms with Gasteiger partial charge in [0.05, 0.1) is 0 Å². The van der Waals surface area contributed by atoms with E-state index in [-0.39, 0.29) is 6.79 Å². The zero-order valence-electron chi connectivity index (χ0n) is 13.0. The smallest absolute Gasteiger partial charge is 0.341 e. The highest BCUT2D eigenvalue weighted by molar-refractivity contribution is 6.31. The van der Waals surface area contributed by atoms with Gasteiger partial charge in [0.25, 0.3) is 0 Å². The molecule has 0 aliphatic carbocycles. The van der Waals surface area contributed by atoms with Gasteiger partial charge >= 0.3 is 5.97 Å². The largest absolute Gasteiger partial charge is 0.481 e. The molecule has 0 radical (unpaired) electrons. The van der Waals surface area contributed by atoms with Crippen molar-refractivity contribution >= 4 is 28.5 Å². The van der Waals surface area contributed by atoms with Gasteiger partial charge in [-0.1, -0.05) is 11.6 Å². The van der Waals surface area contributed by atoms with Crippen LogP contribution >= 0.6 is 11.6 Å². The summed E-state index contributed by atoms with van der Waals surface area (Å²) in [5.74, 6) is 0.590. The average Bonchev–Trinajstić information content (AvgIpc) is 3.19. The summed E-state index contributed by atoms with van der Waals surface area (Å²) in [6.07, 6.45) is 2.44. The lowest BCUT2D eigenvalue weighted by Crippen LogP contribution is -2.10. The van der Waals surface area contributed by atoms with Gasteiger partial charge in [-0.3, -0.25) is 0 Å². The number of aromatic nitrogens is 1. The second-order valence-electron chi connectivity index (χ2n) is 5.68. The molecule has 0 fully saturated rings. The van der Waals surface area contributed by atoms with E-state index in [1.807, 2.05) is 30.5 Å².